The Balaban J connectivity index is 2.16. The third-order valence-corrected chi connectivity index (χ3v) is 4.06. The van der Waals surface area contributed by atoms with Gasteiger partial charge in [0, 0.05) is 24.5 Å². The molecule has 0 spiro atoms. The van der Waals surface area contributed by atoms with Gasteiger partial charge in [-0.2, -0.15) is 8.42 Å². The number of likely N-dealkylation sites (tertiary alicyclic amines) is 1. The Kier molecular flexibility index (Phi) is 4.53. The number of hydrogen-bond donors (Lipinski definition) is 0. The largest absolute Gasteiger partial charge is 0.296 e. The molecular weight excluding hydrogens is 292 g/mol. The van der Waals surface area contributed by atoms with Crippen molar-refractivity contribution in [3.05, 3.63) is 46.3 Å². The molecule has 7 nitrogen and oxygen atoms in total. The Morgan fingerprint density at radius 3 is 2.71 bits per heavy atom. The molecule has 21 heavy (non-hydrogen) atoms. The standard InChI is InChI=1S/C13H18N4O3S/c1-13(15-16-14)10-17(8-11-6-4-3-5-7-11)9-12(13)20-21(2,18)19/h3-7,12H,8-10H2,1-2H3. The van der Waals surface area contributed by atoms with Gasteiger partial charge in [0.25, 0.3) is 10.1 Å². The van der Waals surface area contributed by atoms with Gasteiger partial charge in [0.1, 0.15) is 6.10 Å². The number of hydrogen-bond acceptors (Lipinski definition) is 5. The van der Waals surface area contributed by atoms with E-state index < -0.39 is 21.8 Å². The van der Waals surface area contributed by atoms with Crippen molar-refractivity contribution in [2.45, 2.75) is 25.1 Å². The summed E-state index contributed by atoms with van der Waals surface area (Å²) in [5.74, 6) is 0. The zero-order chi connectivity index (χ0) is 15.5. The first-order valence-corrected chi connectivity index (χ1v) is 8.35. The maximum atomic E-state index is 11.4. The molecule has 0 saturated carbocycles. The van der Waals surface area contributed by atoms with Crippen molar-refractivity contribution in [1.82, 2.24) is 4.90 Å². The molecule has 114 valence electrons. The van der Waals surface area contributed by atoms with Crippen LogP contribution in [0, 0.1) is 0 Å². The van der Waals surface area contributed by atoms with Crippen molar-refractivity contribution in [2.75, 3.05) is 19.3 Å². The lowest BCUT2D eigenvalue weighted by Gasteiger charge is -2.23. The summed E-state index contributed by atoms with van der Waals surface area (Å²) in [6.07, 6.45) is 0.329. The van der Waals surface area contributed by atoms with Gasteiger partial charge in [0.05, 0.1) is 11.8 Å². The SMILES string of the molecule is CC1(N=[N+]=[N-])CN(Cc2ccccc2)CC1OS(C)(=O)=O. The predicted octanol–water partition coefficient (Wildman–Crippen LogP) is 1.92. The Bertz CT molecular complexity index is 643. The third-order valence-electron chi connectivity index (χ3n) is 3.47. The second-order valence-corrected chi connectivity index (χ2v) is 7.09. The summed E-state index contributed by atoms with van der Waals surface area (Å²) >= 11 is 0. The normalized spacial score (nSPS) is 26.5. The molecule has 0 amide bonds. The highest BCUT2D eigenvalue weighted by atomic mass is 32.2. The lowest BCUT2D eigenvalue weighted by molar-refractivity contribution is 0.165. The van der Waals surface area contributed by atoms with E-state index in [-0.39, 0.29) is 0 Å². The molecule has 0 aliphatic carbocycles. The van der Waals surface area contributed by atoms with Gasteiger partial charge in [-0.25, -0.2) is 0 Å². The van der Waals surface area contributed by atoms with Gasteiger partial charge < -0.3 is 0 Å². The second kappa shape index (κ2) is 6.03. The molecule has 0 aromatic heterocycles. The molecule has 0 bridgehead atoms. The summed E-state index contributed by atoms with van der Waals surface area (Å²) in [6, 6.07) is 9.82. The molecule has 2 atom stereocenters. The van der Waals surface area contributed by atoms with Crippen LogP contribution in [-0.4, -0.2) is 44.3 Å². The number of rotatable bonds is 5. The van der Waals surface area contributed by atoms with E-state index >= 15 is 0 Å². The van der Waals surface area contributed by atoms with Gasteiger partial charge in [-0.3, -0.25) is 9.08 Å². The van der Waals surface area contributed by atoms with E-state index in [1.807, 2.05) is 35.2 Å². The van der Waals surface area contributed by atoms with Crippen LogP contribution in [-0.2, 0) is 20.8 Å². The van der Waals surface area contributed by atoms with E-state index in [9.17, 15) is 8.42 Å². The van der Waals surface area contributed by atoms with E-state index in [0.717, 1.165) is 11.8 Å². The Morgan fingerprint density at radius 2 is 2.14 bits per heavy atom. The van der Waals surface area contributed by atoms with Crippen molar-refractivity contribution in [3.8, 4) is 0 Å². The average molecular weight is 310 g/mol. The quantitative estimate of drug-likeness (QED) is 0.359. The third kappa shape index (κ3) is 4.18. The van der Waals surface area contributed by atoms with Crippen molar-refractivity contribution in [2.24, 2.45) is 5.11 Å². The highest BCUT2D eigenvalue weighted by Crippen LogP contribution is 2.30. The van der Waals surface area contributed by atoms with Gasteiger partial charge in [0.15, 0.2) is 0 Å². The van der Waals surface area contributed by atoms with Crippen LogP contribution >= 0.6 is 0 Å². The fraction of sp³-hybridized carbons (Fsp3) is 0.538. The topological polar surface area (TPSA) is 95.4 Å². The number of azide groups is 1. The summed E-state index contributed by atoms with van der Waals surface area (Å²) in [7, 11) is -3.60. The summed E-state index contributed by atoms with van der Waals surface area (Å²) < 4.78 is 27.8. The van der Waals surface area contributed by atoms with Crippen LogP contribution in [0.4, 0.5) is 0 Å². The fourth-order valence-electron chi connectivity index (χ4n) is 2.56. The van der Waals surface area contributed by atoms with E-state index in [0.29, 0.717) is 19.6 Å². The fourth-order valence-corrected chi connectivity index (χ4v) is 3.25. The minimum absolute atomic E-state index is 0.400. The summed E-state index contributed by atoms with van der Waals surface area (Å²) in [5.41, 5.74) is 8.93. The van der Waals surface area contributed by atoms with Gasteiger partial charge in [0.2, 0.25) is 0 Å². The highest BCUT2D eigenvalue weighted by Gasteiger charge is 2.45. The first-order valence-electron chi connectivity index (χ1n) is 6.53. The molecule has 1 aliphatic rings. The molecule has 2 unspecified atom stereocenters. The van der Waals surface area contributed by atoms with E-state index in [2.05, 4.69) is 10.0 Å². The first-order chi connectivity index (χ1) is 9.82. The molecule has 0 N–H and O–H groups in total. The molecule has 0 radical (unpaired) electrons. The molecule has 2 rings (SSSR count). The number of benzene rings is 1. The van der Waals surface area contributed by atoms with Crippen molar-refractivity contribution in [1.29, 1.82) is 0 Å². The Labute approximate surface area is 124 Å². The van der Waals surface area contributed by atoms with Crippen LogP contribution in [0.2, 0.25) is 0 Å². The Morgan fingerprint density at radius 1 is 1.48 bits per heavy atom. The summed E-state index contributed by atoms with van der Waals surface area (Å²) in [5, 5.41) is 3.76. The molecule has 8 heteroatoms. The van der Waals surface area contributed by atoms with Crippen molar-refractivity contribution >= 4 is 10.1 Å². The lowest BCUT2D eigenvalue weighted by Crippen LogP contribution is -2.39. The van der Waals surface area contributed by atoms with E-state index in [1.165, 1.54) is 0 Å². The smallest absolute Gasteiger partial charge is 0.264 e. The molecular formula is C13H18N4O3S. The minimum Gasteiger partial charge on any atom is -0.296 e. The number of nitrogens with zero attached hydrogens (tertiary/aromatic N) is 4. The molecule has 1 saturated heterocycles. The zero-order valence-electron chi connectivity index (χ0n) is 12.0. The van der Waals surface area contributed by atoms with Gasteiger partial charge >= 0.3 is 0 Å². The average Bonchev–Trinajstić information content (AvgIpc) is 2.65. The maximum absolute atomic E-state index is 11.4. The summed E-state index contributed by atoms with van der Waals surface area (Å²) in [4.78, 5) is 4.86. The van der Waals surface area contributed by atoms with Crippen LogP contribution < -0.4 is 0 Å². The summed E-state index contributed by atoms with van der Waals surface area (Å²) in [6.45, 7) is 3.22. The minimum atomic E-state index is -3.60. The molecule has 1 fully saturated rings. The molecule has 1 aromatic rings. The Hall–Kier alpha value is -1.60. The predicted molar refractivity (Wildman–Crippen MR) is 79.0 cm³/mol. The van der Waals surface area contributed by atoms with Gasteiger partial charge in [-0.15, -0.1) is 0 Å². The molecule has 1 aliphatic heterocycles. The van der Waals surface area contributed by atoms with Crippen LogP contribution in [0.3, 0.4) is 0 Å². The van der Waals surface area contributed by atoms with Gasteiger partial charge in [-0.1, -0.05) is 42.4 Å². The van der Waals surface area contributed by atoms with Crippen molar-refractivity contribution < 1.29 is 12.6 Å². The second-order valence-electron chi connectivity index (χ2n) is 5.49. The van der Waals surface area contributed by atoms with E-state index in [1.54, 1.807) is 6.92 Å². The molecule has 1 aromatic carbocycles. The maximum Gasteiger partial charge on any atom is 0.264 e. The highest BCUT2D eigenvalue weighted by molar-refractivity contribution is 7.86. The first kappa shape index (κ1) is 15.8. The lowest BCUT2D eigenvalue weighted by atomic mass is 10.0. The van der Waals surface area contributed by atoms with Crippen LogP contribution in [0.5, 0.6) is 0 Å². The molecule has 1 heterocycles. The zero-order valence-corrected chi connectivity index (χ0v) is 12.8. The van der Waals surface area contributed by atoms with Crippen LogP contribution in [0.25, 0.3) is 10.4 Å². The van der Waals surface area contributed by atoms with Crippen LogP contribution in [0.1, 0.15) is 12.5 Å². The van der Waals surface area contributed by atoms with Crippen molar-refractivity contribution in [3.63, 3.8) is 0 Å². The van der Waals surface area contributed by atoms with Gasteiger partial charge in [-0.05, 0) is 11.1 Å². The van der Waals surface area contributed by atoms with Crippen LogP contribution in [0.15, 0.2) is 35.4 Å². The van der Waals surface area contributed by atoms with E-state index in [4.69, 9.17) is 9.71 Å². The monoisotopic (exact) mass is 310 g/mol.